The van der Waals surface area contributed by atoms with Crippen LogP contribution in [0.25, 0.3) is 0 Å². The van der Waals surface area contributed by atoms with Crippen molar-refractivity contribution in [2.75, 3.05) is 43.0 Å². The molecule has 1 N–H and O–H groups in total. The first-order valence-electron chi connectivity index (χ1n) is 11.1. The molecule has 2 heterocycles. The summed E-state index contributed by atoms with van der Waals surface area (Å²) >= 11 is 0. The van der Waals surface area contributed by atoms with E-state index in [1.54, 1.807) is 0 Å². The fourth-order valence-corrected chi connectivity index (χ4v) is 3.87. The predicted molar refractivity (Wildman–Crippen MR) is 129 cm³/mol. The van der Waals surface area contributed by atoms with Crippen LogP contribution in [0.3, 0.4) is 0 Å². The van der Waals surface area contributed by atoms with Crippen molar-refractivity contribution in [3.8, 4) is 5.75 Å². The maximum absolute atomic E-state index is 12.4. The van der Waals surface area contributed by atoms with Crippen molar-refractivity contribution in [3.05, 3.63) is 88.0 Å². The second-order valence-corrected chi connectivity index (χ2v) is 8.26. The molecule has 0 saturated carbocycles. The van der Waals surface area contributed by atoms with Crippen LogP contribution in [-0.4, -0.2) is 43.6 Å². The summed E-state index contributed by atoms with van der Waals surface area (Å²) in [6, 6.07) is 17.5. The third-order valence-corrected chi connectivity index (χ3v) is 5.96. The quantitative estimate of drug-likeness (QED) is 0.597. The number of anilines is 2. The fraction of sp³-hybridized carbons (Fsp3) is 0.308. The minimum absolute atomic E-state index is 0.0313. The van der Waals surface area contributed by atoms with E-state index in [4.69, 9.17) is 9.15 Å². The van der Waals surface area contributed by atoms with Crippen molar-refractivity contribution >= 4 is 17.3 Å². The Morgan fingerprint density at radius 1 is 1.03 bits per heavy atom. The zero-order chi connectivity index (χ0) is 23.2. The molecule has 0 bridgehead atoms. The molecule has 0 radical (unpaired) electrons. The van der Waals surface area contributed by atoms with Crippen LogP contribution in [-0.2, 0) is 11.3 Å². The highest BCUT2D eigenvalue weighted by atomic mass is 16.5. The maximum atomic E-state index is 12.4. The Kier molecular flexibility index (Phi) is 7.10. The molecule has 1 aliphatic heterocycles. The number of ether oxygens (including phenoxy) is 1. The van der Waals surface area contributed by atoms with Gasteiger partial charge in [-0.2, -0.15) is 0 Å². The number of aryl methyl sites for hydroxylation is 1. The number of nitrogens with one attached hydrogen (secondary N) is 1. The van der Waals surface area contributed by atoms with Gasteiger partial charge in [0.1, 0.15) is 12.0 Å². The Balaban J connectivity index is 1.27. The molecule has 0 atom stereocenters. The van der Waals surface area contributed by atoms with Crippen molar-refractivity contribution in [2.45, 2.75) is 20.4 Å². The smallest absolute Gasteiger partial charge is 0.262 e. The zero-order valence-corrected chi connectivity index (χ0v) is 19.0. The summed E-state index contributed by atoms with van der Waals surface area (Å²) in [5.41, 5.74) is 3.76. The normalized spacial score (nSPS) is 14.2. The average molecular weight is 448 g/mol. The number of benzene rings is 2. The summed E-state index contributed by atoms with van der Waals surface area (Å²) in [6.45, 7) is 7.84. The average Bonchev–Trinajstić information content (AvgIpc) is 2.82. The molecule has 1 fully saturated rings. The largest absolute Gasteiger partial charge is 0.477 e. The first-order chi connectivity index (χ1) is 16.0. The molecular formula is C26H29N3O4. The number of carbonyl (C=O) groups excluding carboxylic acids is 1. The molecule has 1 amide bonds. The molecule has 172 valence electrons. The Hall–Kier alpha value is -3.58. The van der Waals surface area contributed by atoms with Crippen molar-refractivity contribution in [1.82, 2.24) is 4.90 Å². The molecule has 0 spiro atoms. The summed E-state index contributed by atoms with van der Waals surface area (Å²) in [5.74, 6) is 0.285. The highest BCUT2D eigenvalue weighted by Crippen LogP contribution is 2.19. The molecule has 1 saturated heterocycles. The van der Waals surface area contributed by atoms with Crippen LogP contribution >= 0.6 is 0 Å². The minimum atomic E-state index is -0.330. The fourth-order valence-electron chi connectivity index (χ4n) is 3.87. The second kappa shape index (κ2) is 10.4. The number of hydrogen-bond donors (Lipinski definition) is 1. The van der Waals surface area contributed by atoms with Gasteiger partial charge >= 0.3 is 0 Å². The summed E-state index contributed by atoms with van der Waals surface area (Å²) in [7, 11) is 0. The molecule has 7 heteroatoms. The van der Waals surface area contributed by atoms with Crippen molar-refractivity contribution < 1.29 is 13.9 Å². The van der Waals surface area contributed by atoms with Crippen molar-refractivity contribution in [3.63, 3.8) is 0 Å². The lowest BCUT2D eigenvalue weighted by Crippen LogP contribution is -2.46. The number of hydrogen-bond acceptors (Lipinski definition) is 6. The molecule has 33 heavy (non-hydrogen) atoms. The lowest BCUT2D eigenvalue weighted by molar-refractivity contribution is -0.118. The highest BCUT2D eigenvalue weighted by Gasteiger charge is 2.18. The highest BCUT2D eigenvalue weighted by molar-refractivity contribution is 5.92. The van der Waals surface area contributed by atoms with Crippen LogP contribution in [0.2, 0.25) is 0 Å². The van der Waals surface area contributed by atoms with E-state index < -0.39 is 0 Å². The Labute approximate surface area is 193 Å². The summed E-state index contributed by atoms with van der Waals surface area (Å²) in [4.78, 5) is 29.3. The summed E-state index contributed by atoms with van der Waals surface area (Å²) in [5, 5.41) is 2.81. The maximum Gasteiger partial charge on any atom is 0.262 e. The number of carbonyl (C=O) groups is 1. The Morgan fingerprint density at radius 3 is 2.52 bits per heavy atom. The second-order valence-electron chi connectivity index (χ2n) is 8.26. The molecule has 7 nitrogen and oxygen atoms in total. The van der Waals surface area contributed by atoms with Crippen LogP contribution in [0.5, 0.6) is 5.75 Å². The SMILES string of the molecule is Cc1cccc(NC(=O)COc2coc(CN3CCN(c4ccccc4)CC3)cc2=O)c1C. The van der Waals surface area contributed by atoms with Gasteiger partial charge < -0.3 is 19.4 Å². The van der Waals surface area contributed by atoms with E-state index in [-0.39, 0.29) is 23.7 Å². The number of nitrogens with zero attached hydrogens (tertiary/aromatic N) is 2. The molecule has 3 aromatic rings. The molecule has 2 aromatic carbocycles. The molecule has 4 rings (SSSR count). The van der Waals surface area contributed by atoms with Gasteiger partial charge in [-0.15, -0.1) is 0 Å². The lowest BCUT2D eigenvalue weighted by Gasteiger charge is -2.35. The van der Waals surface area contributed by atoms with Gasteiger partial charge in [0.15, 0.2) is 6.61 Å². The summed E-state index contributed by atoms with van der Waals surface area (Å²) < 4.78 is 11.0. The standard InChI is InChI=1S/C26H29N3O4/c1-19-7-6-10-23(20(19)2)27-26(31)18-33-25-17-32-22(15-24(25)30)16-28-11-13-29(14-12-28)21-8-4-3-5-9-21/h3-10,15,17H,11-14,16,18H2,1-2H3,(H,27,31). The molecule has 1 aliphatic rings. The monoisotopic (exact) mass is 447 g/mol. The third kappa shape index (κ3) is 5.81. The van der Waals surface area contributed by atoms with Gasteiger partial charge in [-0.1, -0.05) is 30.3 Å². The molecule has 0 unspecified atom stereocenters. The lowest BCUT2D eigenvalue weighted by atomic mass is 10.1. The van der Waals surface area contributed by atoms with E-state index in [2.05, 4.69) is 27.2 Å². The van der Waals surface area contributed by atoms with E-state index in [0.29, 0.717) is 12.3 Å². The number of rotatable bonds is 7. The van der Waals surface area contributed by atoms with Gasteiger partial charge in [-0.05, 0) is 43.2 Å². The van der Waals surface area contributed by atoms with Crippen LogP contribution in [0.1, 0.15) is 16.9 Å². The third-order valence-electron chi connectivity index (χ3n) is 5.96. The van der Waals surface area contributed by atoms with Crippen LogP contribution in [0.15, 0.2) is 70.1 Å². The molecule has 1 aromatic heterocycles. The Bertz CT molecular complexity index is 1150. The van der Waals surface area contributed by atoms with Crippen LogP contribution in [0, 0.1) is 13.8 Å². The van der Waals surface area contributed by atoms with Gasteiger partial charge in [-0.25, -0.2) is 0 Å². The van der Waals surface area contributed by atoms with E-state index in [0.717, 1.165) is 43.0 Å². The summed E-state index contributed by atoms with van der Waals surface area (Å²) in [6.07, 6.45) is 1.29. The van der Waals surface area contributed by atoms with E-state index in [1.165, 1.54) is 18.0 Å². The van der Waals surface area contributed by atoms with E-state index in [1.807, 2.05) is 50.2 Å². The zero-order valence-electron chi connectivity index (χ0n) is 19.0. The van der Waals surface area contributed by atoms with Gasteiger partial charge in [0.25, 0.3) is 5.91 Å². The first kappa shape index (κ1) is 22.6. The van der Waals surface area contributed by atoms with Crippen molar-refractivity contribution in [2.24, 2.45) is 0 Å². The Morgan fingerprint density at radius 2 is 1.79 bits per heavy atom. The molecule has 0 aliphatic carbocycles. The van der Waals surface area contributed by atoms with Crippen LogP contribution in [0.4, 0.5) is 11.4 Å². The molecular weight excluding hydrogens is 418 g/mol. The minimum Gasteiger partial charge on any atom is -0.477 e. The van der Waals surface area contributed by atoms with Crippen molar-refractivity contribution in [1.29, 1.82) is 0 Å². The number of amides is 1. The van der Waals surface area contributed by atoms with Gasteiger partial charge in [-0.3, -0.25) is 14.5 Å². The van der Waals surface area contributed by atoms with Gasteiger partial charge in [0.05, 0.1) is 6.54 Å². The first-order valence-corrected chi connectivity index (χ1v) is 11.1. The van der Waals surface area contributed by atoms with E-state index in [9.17, 15) is 9.59 Å². The van der Waals surface area contributed by atoms with E-state index >= 15 is 0 Å². The topological polar surface area (TPSA) is 75.0 Å². The van der Waals surface area contributed by atoms with Gasteiger partial charge in [0.2, 0.25) is 11.2 Å². The van der Waals surface area contributed by atoms with Gasteiger partial charge in [0, 0.05) is 43.6 Å². The number of para-hydroxylation sites is 1. The predicted octanol–water partition coefficient (Wildman–Crippen LogP) is 3.60. The van der Waals surface area contributed by atoms with Crippen LogP contribution < -0.4 is 20.4 Å². The number of piperazine rings is 1.